The van der Waals surface area contributed by atoms with Crippen LogP contribution in [0.3, 0.4) is 0 Å². The molecule has 0 aliphatic carbocycles. The van der Waals surface area contributed by atoms with Crippen LogP contribution in [0, 0.1) is 13.8 Å². The monoisotopic (exact) mass is 390 g/mol. The highest BCUT2D eigenvalue weighted by Gasteiger charge is 2.09. The Bertz CT molecular complexity index is 589. The van der Waals surface area contributed by atoms with E-state index in [1.165, 1.54) is 16.8 Å². The summed E-state index contributed by atoms with van der Waals surface area (Å²) in [6, 6.07) is 16.4. The first-order chi connectivity index (χ1) is 13.1. The van der Waals surface area contributed by atoms with Gasteiger partial charge in [0.1, 0.15) is 0 Å². The molecule has 27 heavy (non-hydrogen) atoms. The van der Waals surface area contributed by atoms with Gasteiger partial charge in [-0.3, -0.25) is 0 Å². The van der Waals surface area contributed by atoms with Gasteiger partial charge in [-0.15, -0.1) is 0 Å². The predicted octanol–water partition coefficient (Wildman–Crippen LogP) is 4.09. The molecule has 0 atom stereocenters. The number of nitrogens with zero attached hydrogens (tertiary/aromatic N) is 1. The lowest BCUT2D eigenvalue weighted by molar-refractivity contribution is 0.109. The van der Waals surface area contributed by atoms with Crippen LogP contribution in [0.1, 0.15) is 11.1 Å². The van der Waals surface area contributed by atoms with Crippen molar-refractivity contribution in [1.82, 2.24) is 5.32 Å². The molecule has 2 saturated heterocycles. The van der Waals surface area contributed by atoms with E-state index in [4.69, 9.17) is 21.1 Å². The van der Waals surface area contributed by atoms with Crippen LogP contribution in [-0.2, 0) is 9.47 Å². The number of hydrogen-bond acceptors (Lipinski definition) is 4. The van der Waals surface area contributed by atoms with Gasteiger partial charge in [-0.25, -0.2) is 0 Å². The summed E-state index contributed by atoms with van der Waals surface area (Å²) in [5.41, 5.74) is 3.88. The first-order valence-electron chi connectivity index (χ1n) is 9.55. The molecule has 0 unspecified atom stereocenters. The number of benzene rings is 2. The summed E-state index contributed by atoms with van der Waals surface area (Å²) in [6.07, 6.45) is 0. The Morgan fingerprint density at radius 2 is 1.22 bits per heavy atom. The van der Waals surface area contributed by atoms with Crippen LogP contribution in [0.15, 0.2) is 48.5 Å². The maximum absolute atomic E-state index is 5.61. The van der Waals surface area contributed by atoms with Crippen LogP contribution in [0.5, 0.6) is 0 Å². The van der Waals surface area contributed by atoms with E-state index in [1.807, 2.05) is 31.2 Å². The minimum Gasteiger partial charge on any atom is -0.379 e. The van der Waals surface area contributed by atoms with Crippen LogP contribution in [0.2, 0.25) is 5.02 Å². The van der Waals surface area contributed by atoms with Crippen molar-refractivity contribution in [3.8, 4) is 0 Å². The van der Waals surface area contributed by atoms with E-state index < -0.39 is 0 Å². The summed E-state index contributed by atoms with van der Waals surface area (Å²) < 4.78 is 10.3. The van der Waals surface area contributed by atoms with Gasteiger partial charge in [0.25, 0.3) is 0 Å². The van der Waals surface area contributed by atoms with Gasteiger partial charge in [-0.1, -0.05) is 47.0 Å². The lowest BCUT2D eigenvalue weighted by Gasteiger charge is -2.28. The zero-order valence-corrected chi connectivity index (χ0v) is 17.2. The third kappa shape index (κ3) is 9.25. The van der Waals surface area contributed by atoms with Gasteiger partial charge in [-0.05, 0) is 38.1 Å². The van der Waals surface area contributed by atoms with E-state index in [1.54, 1.807) is 0 Å². The van der Waals surface area contributed by atoms with E-state index in [-0.39, 0.29) is 0 Å². The van der Waals surface area contributed by atoms with Crippen molar-refractivity contribution < 1.29 is 9.47 Å². The van der Waals surface area contributed by atoms with Gasteiger partial charge >= 0.3 is 0 Å². The molecule has 0 bridgehead atoms. The maximum Gasteiger partial charge on any atom is 0.0642 e. The molecule has 0 amide bonds. The molecule has 1 N–H and O–H groups in total. The lowest BCUT2D eigenvalue weighted by Crippen LogP contribution is -2.36. The number of morpholine rings is 2. The fraction of sp³-hybridized carbons (Fsp3) is 0.455. The molecule has 148 valence electrons. The standard InChI is InChI=1S/C11H15NO.C7H7Cl.C4H9NO/c1-10-2-4-11(5-3-10)12-6-8-13-9-7-12;1-6-2-4-7(8)5-3-6;1-3-6-4-2-5-1/h2-5H,6-9H2,1H3;2-5H,1H3;5H,1-4H2. The Kier molecular flexibility index (Phi) is 10.2. The fourth-order valence-corrected chi connectivity index (χ4v) is 2.75. The zero-order chi connectivity index (χ0) is 19.3. The molecule has 0 saturated carbocycles. The predicted molar refractivity (Wildman–Crippen MR) is 114 cm³/mol. The van der Waals surface area contributed by atoms with Crippen LogP contribution in [-0.4, -0.2) is 52.6 Å². The van der Waals surface area contributed by atoms with Gasteiger partial charge in [0.15, 0.2) is 0 Å². The minimum atomic E-state index is 0.801. The van der Waals surface area contributed by atoms with Gasteiger partial charge in [0, 0.05) is 36.9 Å². The summed E-state index contributed by atoms with van der Waals surface area (Å²) in [6.45, 7) is 11.7. The molecule has 2 aliphatic rings. The topological polar surface area (TPSA) is 33.7 Å². The molecule has 0 spiro atoms. The van der Waals surface area contributed by atoms with Crippen molar-refractivity contribution in [1.29, 1.82) is 0 Å². The number of nitrogens with one attached hydrogen (secondary N) is 1. The molecular weight excluding hydrogens is 360 g/mol. The maximum atomic E-state index is 5.61. The third-order valence-corrected chi connectivity index (χ3v) is 4.52. The van der Waals surface area contributed by atoms with E-state index in [9.17, 15) is 0 Å². The summed E-state index contributed by atoms with van der Waals surface area (Å²) in [5.74, 6) is 0. The van der Waals surface area contributed by atoms with Gasteiger partial charge in [-0.2, -0.15) is 0 Å². The molecule has 4 nitrogen and oxygen atoms in total. The smallest absolute Gasteiger partial charge is 0.0642 e. The normalized spacial score (nSPS) is 16.5. The number of halogens is 1. The second-order valence-corrected chi connectivity index (χ2v) is 7.03. The second-order valence-electron chi connectivity index (χ2n) is 6.59. The van der Waals surface area contributed by atoms with Crippen molar-refractivity contribution in [2.45, 2.75) is 13.8 Å². The molecule has 2 fully saturated rings. The van der Waals surface area contributed by atoms with Crippen LogP contribution in [0.4, 0.5) is 5.69 Å². The Hall–Kier alpha value is -1.59. The molecule has 5 heteroatoms. The summed E-state index contributed by atoms with van der Waals surface area (Å²) in [4.78, 5) is 2.36. The molecule has 2 aromatic carbocycles. The Morgan fingerprint density at radius 3 is 1.63 bits per heavy atom. The van der Waals surface area contributed by atoms with Gasteiger partial charge < -0.3 is 19.7 Å². The SMILES string of the molecule is C1COCCN1.Cc1ccc(Cl)cc1.Cc1ccc(N2CCOCC2)cc1. The lowest BCUT2D eigenvalue weighted by atomic mass is 10.2. The summed E-state index contributed by atoms with van der Waals surface area (Å²) in [7, 11) is 0. The average molecular weight is 391 g/mol. The van der Waals surface area contributed by atoms with Crippen molar-refractivity contribution in [3.05, 3.63) is 64.7 Å². The number of rotatable bonds is 1. The number of anilines is 1. The van der Waals surface area contributed by atoms with E-state index in [0.29, 0.717) is 0 Å². The Labute approximate surface area is 168 Å². The highest BCUT2D eigenvalue weighted by molar-refractivity contribution is 6.30. The minimum absolute atomic E-state index is 0.801. The number of ether oxygens (including phenoxy) is 2. The first-order valence-corrected chi connectivity index (χ1v) is 9.93. The van der Waals surface area contributed by atoms with Crippen molar-refractivity contribution in [2.24, 2.45) is 0 Å². The third-order valence-electron chi connectivity index (χ3n) is 4.27. The Balaban J connectivity index is 0.000000159. The highest BCUT2D eigenvalue weighted by atomic mass is 35.5. The van der Waals surface area contributed by atoms with Crippen molar-refractivity contribution in [3.63, 3.8) is 0 Å². The first kappa shape index (κ1) is 21.7. The van der Waals surface area contributed by atoms with E-state index >= 15 is 0 Å². The van der Waals surface area contributed by atoms with Gasteiger partial charge in [0.05, 0.1) is 26.4 Å². The molecule has 2 heterocycles. The molecule has 0 aromatic heterocycles. The van der Waals surface area contributed by atoms with E-state index in [0.717, 1.165) is 57.6 Å². The largest absolute Gasteiger partial charge is 0.379 e. The summed E-state index contributed by atoms with van der Waals surface area (Å²) in [5, 5.41) is 3.96. The number of hydrogen-bond donors (Lipinski definition) is 1. The molecule has 2 aliphatic heterocycles. The Morgan fingerprint density at radius 1 is 0.741 bits per heavy atom. The van der Waals surface area contributed by atoms with Crippen molar-refractivity contribution in [2.75, 3.05) is 57.5 Å². The zero-order valence-electron chi connectivity index (χ0n) is 16.4. The van der Waals surface area contributed by atoms with Crippen LogP contribution in [0.25, 0.3) is 0 Å². The molecular formula is C22H31ClN2O2. The molecule has 2 aromatic rings. The number of aryl methyl sites for hydroxylation is 2. The van der Waals surface area contributed by atoms with Crippen LogP contribution < -0.4 is 10.2 Å². The second kappa shape index (κ2) is 12.7. The highest BCUT2D eigenvalue weighted by Crippen LogP contribution is 2.15. The van der Waals surface area contributed by atoms with Gasteiger partial charge in [0.2, 0.25) is 0 Å². The van der Waals surface area contributed by atoms with E-state index in [2.05, 4.69) is 41.4 Å². The van der Waals surface area contributed by atoms with Crippen molar-refractivity contribution >= 4 is 17.3 Å². The fourth-order valence-electron chi connectivity index (χ4n) is 2.63. The summed E-state index contributed by atoms with van der Waals surface area (Å²) >= 11 is 5.61. The average Bonchev–Trinajstić information content (AvgIpc) is 2.74. The quantitative estimate of drug-likeness (QED) is 0.795. The van der Waals surface area contributed by atoms with Crippen LogP contribution >= 0.6 is 11.6 Å². The molecule has 4 rings (SSSR count). The molecule has 0 radical (unpaired) electrons.